The van der Waals surface area contributed by atoms with Crippen LogP contribution < -0.4 is 16.0 Å². The van der Waals surface area contributed by atoms with E-state index in [0.29, 0.717) is 23.5 Å². The van der Waals surface area contributed by atoms with Crippen LogP contribution in [0.2, 0.25) is 0 Å². The zero-order valence-electron chi connectivity index (χ0n) is 25.3. The van der Waals surface area contributed by atoms with E-state index >= 15 is 0 Å². The molecule has 1 unspecified atom stereocenters. The number of rotatable bonds is 11. The first-order chi connectivity index (χ1) is 22.6. The number of benzene rings is 3. The number of hydrogen-bond acceptors (Lipinski definition) is 6. The summed E-state index contributed by atoms with van der Waals surface area (Å²) in [4.78, 5) is 70.9. The molecule has 1 atom stereocenters. The molecule has 1 aliphatic carbocycles. The predicted octanol–water partition coefficient (Wildman–Crippen LogP) is 4.95. The number of carboxylic acid groups (broad SMARTS) is 2. The fourth-order valence-electron chi connectivity index (χ4n) is 5.81. The van der Waals surface area contributed by atoms with Crippen LogP contribution in [0.25, 0.3) is 11.0 Å². The van der Waals surface area contributed by atoms with Crippen LogP contribution in [0.1, 0.15) is 91.4 Å². The smallest absolute Gasteiger partial charge is 0.335 e. The van der Waals surface area contributed by atoms with Crippen molar-refractivity contribution >= 4 is 46.4 Å². The van der Waals surface area contributed by atoms with Crippen molar-refractivity contribution in [2.75, 3.05) is 18.4 Å². The molecule has 0 radical (unpaired) electrons. The van der Waals surface area contributed by atoms with Gasteiger partial charge in [-0.25, -0.2) is 19.0 Å². The number of fused-ring (bicyclic) bond motifs is 1. The van der Waals surface area contributed by atoms with Crippen molar-refractivity contribution in [2.45, 2.75) is 44.4 Å². The molecule has 1 aliphatic rings. The van der Waals surface area contributed by atoms with E-state index in [1.807, 2.05) is 0 Å². The molecule has 13 heteroatoms. The highest BCUT2D eigenvalue weighted by atomic mass is 19.1. The maximum Gasteiger partial charge on any atom is 0.335 e. The molecule has 1 saturated carbocycles. The highest BCUT2D eigenvalue weighted by molar-refractivity contribution is 6.10. The second kappa shape index (κ2) is 14.7. The Labute approximate surface area is 268 Å². The van der Waals surface area contributed by atoms with Gasteiger partial charge in [-0.1, -0.05) is 37.8 Å². The van der Waals surface area contributed by atoms with Crippen molar-refractivity contribution < 1.29 is 38.6 Å². The molecule has 5 rings (SSSR count). The highest BCUT2D eigenvalue weighted by Gasteiger charge is 2.26. The molecule has 0 aliphatic heterocycles. The molecular weight excluding hydrogens is 609 g/mol. The minimum absolute atomic E-state index is 0.0293. The number of aromatic nitrogens is 2. The van der Waals surface area contributed by atoms with Crippen molar-refractivity contribution in [1.82, 2.24) is 20.6 Å². The molecular formula is C34H34FN5O7. The van der Waals surface area contributed by atoms with Gasteiger partial charge in [-0.2, -0.15) is 0 Å². The highest BCUT2D eigenvalue weighted by Crippen LogP contribution is 2.24. The summed E-state index contributed by atoms with van der Waals surface area (Å²) in [5, 5.41) is 27.0. The zero-order chi connectivity index (χ0) is 33.5. The van der Waals surface area contributed by atoms with Crippen molar-refractivity contribution in [3.8, 4) is 0 Å². The van der Waals surface area contributed by atoms with Crippen molar-refractivity contribution in [3.63, 3.8) is 0 Å². The predicted molar refractivity (Wildman–Crippen MR) is 170 cm³/mol. The number of carbonyl (C=O) groups excluding carboxylic acids is 3. The lowest BCUT2D eigenvalue weighted by molar-refractivity contribution is -0.117. The number of carboxylic acids is 2. The number of halogens is 1. The number of aromatic carboxylic acids is 2. The van der Waals surface area contributed by atoms with E-state index in [1.165, 1.54) is 43.4 Å². The van der Waals surface area contributed by atoms with Gasteiger partial charge in [-0.15, -0.1) is 0 Å². The van der Waals surface area contributed by atoms with Gasteiger partial charge >= 0.3 is 11.9 Å². The molecule has 1 heterocycles. The molecule has 0 saturated heterocycles. The second-order valence-electron chi connectivity index (χ2n) is 11.6. The number of carbonyl (C=O) groups is 5. The summed E-state index contributed by atoms with van der Waals surface area (Å²) in [7, 11) is 0. The van der Waals surface area contributed by atoms with E-state index in [1.54, 1.807) is 6.07 Å². The van der Waals surface area contributed by atoms with E-state index in [0.717, 1.165) is 49.9 Å². The van der Waals surface area contributed by atoms with E-state index in [2.05, 4.69) is 25.9 Å². The van der Waals surface area contributed by atoms with Crippen LogP contribution >= 0.6 is 0 Å². The van der Waals surface area contributed by atoms with Gasteiger partial charge in [-0.05, 0) is 66.8 Å². The Balaban J connectivity index is 1.38. The third-order valence-electron chi connectivity index (χ3n) is 8.30. The van der Waals surface area contributed by atoms with Crippen molar-refractivity contribution in [2.24, 2.45) is 5.92 Å². The van der Waals surface area contributed by atoms with E-state index < -0.39 is 41.4 Å². The summed E-state index contributed by atoms with van der Waals surface area (Å²) in [6, 6.07) is 11.3. The molecule has 12 nitrogen and oxygen atoms in total. The van der Waals surface area contributed by atoms with E-state index in [9.17, 15) is 38.6 Å². The normalized spacial score (nSPS) is 14.1. The van der Waals surface area contributed by atoms with Gasteiger partial charge in [0.05, 0.1) is 45.5 Å². The fraction of sp³-hybridized carbons (Fsp3) is 0.294. The molecule has 3 aromatic carbocycles. The Morgan fingerprint density at radius 2 is 1.51 bits per heavy atom. The van der Waals surface area contributed by atoms with E-state index in [-0.39, 0.29) is 40.0 Å². The molecule has 4 aromatic rings. The van der Waals surface area contributed by atoms with Crippen LogP contribution in [0.15, 0.2) is 60.9 Å². The summed E-state index contributed by atoms with van der Waals surface area (Å²) in [6.45, 7) is 0.135. The summed E-state index contributed by atoms with van der Waals surface area (Å²) in [5.74, 6) is -6.15. The summed E-state index contributed by atoms with van der Waals surface area (Å²) in [6.07, 6.45) is 8.07. The molecule has 244 valence electrons. The lowest BCUT2D eigenvalue weighted by Gasteiger charge is -2.19. The number of hydrogen-bond donors (Lipinski definition) is 6. The number of aromatic amines is 1. The van der Waals surface area contributed by atoms with Crippen LogP contribution in [0, 0.1) is 11.7 Å². The second-order valence-corrected chi connectivity index (χ2v) is 11.6. The Morgan fingerprint density at radius 1 is 0.851 bits per heavy atom. The van der Waals surface area contributed by atoms with Gasteiger partial charge in [-0.3, -0.25) is 14.4 Å². The monoisotopic (exact) mass is 643 g/mol. The Bertz CT molecular complexity index is 1800. The molecule has 1 fully saturated rings. The van der Waals surface area contributed by atoms with Gasteiger partial charge in [0.1, 0.15) is 5.82 Å². The van der Waals surface area contributed by atoms with Crippen molar-refractivity contribution in [3.05, 3.63) is 94.6 Å². The quantitative estimate of drug-likeness (QED) is 0.124. The maximum absolute atomic E-state index is 14.3. The molecule has 0 spiro atoms. The Hall–Kier alpha value is -5.59. The van der Waals surface area contributed by atoms with Gasteiger partial charge in [0.2, 0.25) is 5.91 Å². The lowest BCUT2D eigenvalue weighted by Crippen LogP contribution is -2.36. The largest absolute Gasteiger partial charge is 0.478 e. The standard InChI is InChI=1S/C34H34FN5O7/c35-23-9-5-8-20(11-23)27(32(43)40-24-12-21(33(44)45)10-22(13-24)34(46)47)17-37-31(42)26-15-29-28(38-18-39-29)14-25(26)30(41)36-16-19-6-3-1-2-4-7-19/h5,8-15,18-19,27H,1-4,6-7,16-17H2,(H,36,41)(H,37,42)(H,38,39)(H,40,43)(H,44,45)(H,46,47). The third-order valence-corrected chi connectivity index (χ3v) is 8.30. The first kappa shape index (κ1) is 32.8. The SMILES string of the molecule is O=C(O)c1cc(NC(=O)C(CNC(=O)c2cc3nc[nH]c3cc2C(=O)NCC2CCCCCC2)c2cccc(F)c2)cc(C(=O)O)c1. The number of nitrogens with one attached hydrogen (secondary N) is 4. The maximum atomic E-state index is 14.3. The summed E-state index contributed by atoms with van der Waals surface area (Å²) < 4.78 is 14.3. The zero-order valence-corrected chi connectivity index (χ0v) is 25.3. The molecule has 47 heavy (non-hydrogen) atoms. The minimum atomic E-state index is -1.40. The van der Waals surface area contributed by atoms with Crippen LogP contribution in [0.4, 0.5) is 10.1 Å². The van der Waals surface area contributed by atoms with Gasteiger partial charge in [0, 0.05) is 18.8 Å². The van der Waals surface area contributed by atoms with Gasteiger partial charge in [0.25, 0.3) is 11.8 Å². The number of nitrogens with zero attached hydrogens (tertiary/aromatic N) is 1. The molecule has 0 bridgehead atoms. The minimum Gasteiger partial charge on any atom is -0.478 e. The third kappa shape index (κ3) is 8.17. The molecule has 6 N–H and O–H groups in total. The summed E-state index contributed by atoms with van der Waals surface area (Å²) >= 11 is 0. The number of imidazole rings is 1. The lowest BCUT2D eigenvalue weighted by atomic mass is 9.97. The van der Waals surface area contributed by atoms with Crippen LogP contribution in [-0.2, 0) is 4.79 Å². The van der Waals surface area contributed by atoms with Gasteiger partial charge in [0.15, 0.2) is 0 Å². The molecule has 1 aromatic heterocycles. The van der Waals surface area contributed by atoms with Crippen LogP contribution in [0.3, 0.4) is 0 Å². The first-order valence-electron chi connectivity index (χ1n) is 15.3. The van der Waals surface area contributed by atoms with Crippen molar-refractivity contribution in [1.29, 1.82) is 0 Å². The Morgan fingerprint density at radius 3 is 2.17 bits per heavy atom. The Kier molecular flexibility index (Phi) is 10.2. The van der Waals surface area contributed by atoms with Crippen LogP contribution in [0.5, 0.6) is 0 Å². The van der Waals surface area contributed by atoms with Gasteiger partial charge < -0.3 is 31.1 Å². The number of anilines is 1. The van der Waals surface area contributed by atoms with Crippen LogP contribution in [-0.4, -0.2) is 62.9 Å². The average molecular weight is 644 g/mol. The number of H-pyrrole nitrogens is 1. The fourth-order valence-corrected chi connectivity index (χ4v) is 5.81. The number of amides is 3. The average Bonchev–Trinajstić information content (AvgIpc) is 3.35. The molecule has 3 amide bonds. The van der Waals surface area contributed by atoms with E-state index in [4.69, 9.17) is 0 Å². The topological polar surface area (TPSA) is 191 Å². The first-order valence-corrected chi connectivity index (χ1v) is 15.3. The summed E-state index contributed by atoms with van der Waals surface area (Å²) in [5.41, 5.74) is 0.498.